The summed E-state index contributed by atoms with van der Waals surface area (Å²) < 4.78 is 75.0. The monoisotopic (exact) mass is 500 g/mol. The molecular weight excluding hydrogens is 477 g/mol. The van der Waals surface area contributed by atoms with Gasteiger partial charge in [0.15, 0.2) is 16.5 Å². The molecular formula is C21H23F3N4O5S. The molecule has 1 aliphatic heterocycles. The summed E-state index contributed by atoms with van der Waals surface area (Å²) in [7, 11) is -2.21. The lowest BCUT2D eigenvalue weighted by Crippen LogP contribution is -2.31. The Labute approximate surface area is 194 Å². The van der Waals surface area contributed by atoms with Crippen molar-refractivity contribution in [2.24, 2.45) is 4.40 Å². The predicted molar refractivity (Wildman–Crippen MR) is 119 cm³/mol. The predicted octanol–water partition coefficient (Wildman–Crippen LogP) is 3.66. The van der Waals surface area contributed by atoms with E-state index in [4.69, 9.17) is 4.42 Å². The first kappa shape index (κ1) is 25.1. The maximum atomic E-state index is 13.8. The number of hydrogen-bond acceptors (Lipinski definition) is 7. The summed E-state index contributed by atoms with van der Waals surface area (Å²) >= 11 is 0. The van der Waals surface area contributed by atoms with Gasteiger partial charge < -0.3 is 25.1 Å². The largest absolute Gasteiger partial charge is 0.505 e. The van der Waals surface area contributed by atoms with Crippen LogP contribution in [0.1, 0.15) is 41.3 Å². The number of amidine groups is 1. The van der Waals surface area contributed by atoms with Gasteiger partial charge in [0.05, 0.1) is 17.3 Å². The minimum absolute atomic E-state index is 0.136. The topological polar surface area (TPSA) is 124 Å². The molecule has 1 aromatic carbocycles. The molecule has 1 atom stereocenters. The molecule has 1 amide bonds. The molecule has 34 heavy (non-hydrogen) atoms. The number of halogens is 3. The van der Waals surface area contributed by atoms with Crippen LogP contribution < -0.4 is 10.6 Å². The summed E-state index contributed by atoms with van der Waals surface area (Å²) in [5.74, 6) is -0.988. The number of alkyl halides is 3. The molecule has 0 unspecified atom stereocenters. The number of carbonyl (C=O) groups excluding carboxylic acids is 1. The number of benzene rings is 1. The number of hydrogen-bond donors (Lipinski definition) is 3. The van der Waals surface area contributed by atoms with Crippen LogP contribution in [0.3, 0.4) is 0 Å². The fraction of sp³-hybridized carbons (Fsp3) is 0.333. The average Bonchev–Trinajstić information content (AvgIpc) is 3.26. The molecule has 2 aromatic rings. The number of para-hydroxylation sites is 1. The summed E-state index contributed by atoms with van der Waals surface area (Å²) in [4.78, 5) is 11.6. The minimum atomic E-state index is -5.25. The number of sulfonamides is 1. The zero-order chi connectivity index (χ0) is 25.4. The SMILES string of the molecule is CC[C@@H](NC1=C(C(F)(F)F)S(=O)(=O)N=C1Nc1cccc(C(=O)N(C)C)c1O)c1ccc(C)o1. The second kappa shape index (κ2) is 9.05. The Balaban J connectivity index is 2.09. The number of rotatable bonds is 6. The van der Waals surface area contributed by atoms with Crippen LogP contribution in [-0.4, -0.2) is 50.4 Å². The molecule has 3 N–H and O–H groups in total. The van der Waals surface area contributed by atoms with Crippen LogP contribution in [0, 0.1) is 6.92 Å². The van der Waals surface area contributed by atoms with E-state index in [2.05, 4.69) is 15.0 Å². The molecule has 13 heteroatoms. The van der Waals surface area contributed by atoms with Crippen molar-refractivity contribution in [3.8, 4) is 5.75 Å². The van der Waals surface area contributed by atoms with Gasteiger partial charge in [0.25, 0.3) is 15.9 Å². The summed E-state index contributed by atoms with van der Waals surface area (Å²) in [6.45, 7) is 3.34. The van der Waals surface area contributed by atoms with Gasteiger partial charge in [-0.3, -0.25) is 4.79 Å². The van der Waals surface area contributed by atoms with Crippen LogP contribution in [0.4, 0.5) is 18.9 Å². The molecule has 9 nitrogen and oxygen atoms in total. The van der Waals surface area contributed by atoms with Gasteiger partial charge in [-0.15, -0.1) is 4.40 Å². The highest BCUT2D eigenvalue weighted by Crippen LogP contribution is 2.39. The summed E-state index contributed by atoms with van der Waals surface area (Å²) in [6.07, 6.45) is -5.00. The minimum Gasteiger partial charge on any atom is -0.505 e. The van der Waals surface area contributed by atoms with Crippen LogP contribution in [0.5, 0.6) is 5.75 Å². The van der Waals surface area contributed by atoms with E-state index in [-0.39, 0.29) is 17.7 Å². The number of aromatic hydroxyl groups is 1. The molecule has 0 fully saturated rings. The van der Waals surface area contributed by atoms with Crippen molar-refractivity contribution < 1.29 is 35.9 Å². The Kier molecular flexibility index (Phi) is 6.69. The van der Waals surface area contributed by atoms with Crippen molar-refractivity contribution >= 4 is 27.5 Å². The third-order valence-corrected chi connectivity index (χ3v) is 6.32. The van der Waals surface area contributed by atoms with Crippen molar-refractivity contribution in [1.82, 2.24) is 10.2 Å². The van der Waals surface area contributed by atoms with E-state index in [0.717, 1.165) is 0 Å². The second-order valence-electron chi connectivity index (χ2n) is 7.70. The lowest BCUT2D eigenvalue weighted by atomic mass is 10.1. The maximum absolute atomic E-state index is 13.8. The van der Waals surface area contributed by atoms with Crippen LogP contribution in [-0.2, 0) is 10.0 Å². The third-order valence-electron chi connectivity index (χ3n) is 4.95. The standard InChI is InChI=1S/C21H23F3N4O5S/c1-5-13(15-10-9-11(2)33-15)25-16-18(21(22,23)24)34(31,32)27-19(16)26-14-8-6-7-12(17(14)29)20(30)28(3)4/h6-10,13,25,29H,5H2,1-4H3,(H,26,27)/t13-/m1/s1. The number of phenols is 1. The normalized spacial score (nSPS) is 16.3. The smallest absolute Gasteiger partial charge is 0.431 e. The molecule has 0 saturated carbocycles. The summed E-state index contributed by atoms with van der Waals surface area (Å²) in [5, 5.41) is 15.6. The van der Waals surface area contributed by atoms with E-state index < -0.39 is 50.3 Å². The van der Waals surface area contributed by atoms with Gasteiger partial charge in [-0.05, 0) is 37.6 Å². The number of nitrogens with zero attached hydrogens (tertiary/aromatic N) is 2. The summed E-state index contributed by atoms with van der Waals surface area (Å²) in [5.41, 5.74) is -1.16. The van der Waals surface area contributed by atoms with Crippen molar-refractivity contribution in [3.05, 3.63) is 58.0 Å². The van der Waals surface area contributed by atoms with Crippen LogP contribution in [0.15, 0.2) is 49.7 Å². The van der Waals surface area contributed by atoms with Gasteiger partial charge >= 0.3 is 6.18 Å². The Morgan fingerprint density at radius 3 is 2.44 bits per heavy atom. The van der Waals surface area contributed by atoms with E-state index in [1.165, 1.54) is 37.2 Å². The number of anilines is 1. The molecule has 0 aliphatic carbocycles. The lowest BCUT2D eigenvalue weighted by molar-refractivity contribution is -0.0850. The molecule has 1 aromatic heterocycles. The van der Waals surface area contributed by atoms with Crippen molar-refractivity contribution in [3.63, 3.8) is 0 Å². The highest BCUT2D eigenvalue weighted by Gasteiger charge is 2.50. The highest BCUT2D eigenvalue weighted by atomic mass is 32.2. The highest BCUT2D eigenvalue weighted by molar-refractivity contribution is 7.94. The Bertz CT molecular complexity index is 1280. The number of amides is 1. The molecule has 0 radical (unpaired) electrons. The van der Waals surface area contributed by atoms with Crippen LogP contribution >= 0.6 is 0 Å². The number of phenolic OH excluding ortho intramolecular Hbond substituents is 1. The number of nitrogens with one attached hydrogen (secondary N) is 2. The fourth-order valence-electron chi connectivity index (χ4n) is 3.33. The van der Waals surface area contributed by atoms with Gasteiger partial charge in [-0.25, -0.2) is 0 Å². The number of furan rings is 1. The van der Waals surface area contributed by atoms with Crippen LogP contribution in [0.25, 0.3) is 0 Å². The number of allylic oxidation sites excluding steroid dienone is 1. The van der Waals surface area contributed by atoms with Crippen LogP contribution in [0.2, 0.25) is 0 Å². The Morgan fingerprint density at radius 1 is 1.24 bits per heavy atom. The van der Waals surface area contributed by atoms with Gasteiger partial charge in [-0.1, -0.05) is 13.0 Å². The second-order valence-corrected chi connectivity index (χ2v) is 9.24. The quantitative estimate of drug-likeness (QED) is 0.517. The first-order chi connectivity index (χ1) is 15.8. The zero-order valence-electron chi connectivity index (χ0n) is 18.7. The van der Waals surface area contributed by atoms with Gasteiger partial charge in [-0.2, -0.15) is 21.6 Å². The van der Waals surface area contributed by atoms with E-state index in [1.54, 1.807) is 26.0 Å². The van der Waals surface area contributed by atoms with E-state index in [0.29, 0.717) is 11.5 Å². The van der Waals surface area contributed by atoms with E-state index in [1.807, 2.05) is 0 Å². The van der Waals surface area contributed by atoms with Crippen molar-refractivity contribution in [1.29, 1.82) is 0 Å². The van der Waals surface area contributed by atoms with Gasteiger partial charge in [0.2, 0.25) is 0 Å². The molecule has 184 valence electrons. The van der Waals surface area contributed by atoms with Gasteiger partial charge in [0.1, 0.15) is 17.2 Å². The zero-order valence-corrected chi connectivity index (χ0v) is 19.5. The molecule has 3 rings (SSSR count). The first-order valence-corrected chi connectivity index (χ1v) is 11.5. The lowest BCUT2D eigenvalue weighted by Gasteiger charge is -2.21. The van der Waals surface area contributed by atoms with Crippen molar-refractivity contribution in [2.75, 3.05) is 19.4 Å². The molecule has 0 bridgehead atoms. The number of carbonyl (C=O) groups is 1. The maximum Gasteiger partial charge on any atom is 0.431 e. The Morgan fingerprint density at radius 2 is 1.91 bits per heavy atom. The molecule has 0 spiro atoms. The number of aryl methyl sites for hydroxylation is 1. The van der Waals surface area contributed by atoms with Crippen molar-refractivity contribution in [2.45, 2.75) is 32.5 Å². The average molecular weight is 500 g/mol. The molecule has 1 aliphatic rings. The Hall–Kier alpha value is -3.48. The molecule has 0 saturated heterocycles. The molecule has 2 heterocycles. The van der Waals surface area contributed by atoms with Gasteiger partial charge in [0, 0.05) is 14.1 Å². The first-order valence-electron chi connectivity index (χ1n) is 10.1. The summed E-state index contributed by atoms with van der Waals surface area (Å²) in [6, 6.07) is 6.36. The van der Waals surface area contributed by atoms with E-state index >= 15 is 0 Å². The fourth-order valence-corrected chi connectivity index (χ4v) is 4.50. The third kappa shape index (κ3) is 4.88. The van der Waals surface area contributed by atoms with E-state index in [9.17, 15) is 31.5 Å².